The van der Waals surface area contributed by atoms with E-state index in [2.05, 4.69) is 4.98 Å². The summed E-state index contributed by atoms with van der Waals surface area (Å²) in [4.78, 5) is 37.8. The number of nitrogens with zero attached hydrogens (tertiary/aromatic N) is 3. The predicted octanol–water partition coefficient (Wildman–Crippen LogP) is 0.142. The molecule has 3 N–H and O–H groups in total. The van der Waals surface area contributed by atoms with Gasteiger partial charge in [0.15, 0.2) is 0 Å². The van der Waals surface area contributed by atoms with Crippen molar-refractivity contribution in [2.24, 2.45) is 5.73 Å². The maximum atomic E-state index is 11.4. The molecule has 0 aromatic carbocycles. The first-order valence-corrected chi connectivity index (χ1v) is 5.85. The van der Waals surface area contributed by atoms with Crippen LogP contribution in [-0.2, 0) is 4.79 Å². The van der Waals surface area contributed by atoms with E-state index >= 15 is 0 Å². The van der Waals surface area contributed by atoms with Crippen LogP contribution in [0.15, 0.2) is 12.3 Å². The van der Waals surface area contributed by atoms with Crippen LogP contribution in [0.1, 0.15) is 23.2 Å². The average molecular weight is 280 g/mol. The molecule has 2 heterocycles. The molecule has 1 atom stereocenters. The van der Waals surface area contributed by atoms with Gasteiger partial charge in [0.1, 0.15) is 18.1 Å². The van der Waals surface area contributed by atoms with Gasteiger partial charge in [0.25, 0.3) is 11.6 Å². The van der Waals surface area contributed by atoms with Crippen LogP contribution in [0.4, 0.5) is 11.5 Å². The minimum atomic E-state index is -1.03. The van der Waals surface area contributed by atoms with E-state index in [0.29, 0.717) is 19.4 Å². The van der Waals surface area contributed by atoms with Gasteiger partial charge in [0.05, 0.1) is 10.5 Å². The van der Waals surface area contributed by atoms with Crippen LogP contribution in [0.5, 0.6) is 0 Å². The van der Waals surface area contributed by atoms with Gasteiger partial charge in [-0.25, -0.2) is 9.78 Å². The lowest BCUT2D eigenvalue weighted by molar-refractivity contribution is -0.385. The molecule has 1 aromatic rings. The number of carboxylic acids is 1. The molecular weight excluding hydrogens is 268 g/mol. The number of primary amides is 1. The number of carboxylic acid groups (broad SMARTS) is 1. The van der Waals surface area contributed by atoms with E-state index in [1.807, 2.05) is 0 Å². The Labute approximate surface area is 113 Å². The Kier molecular flexibility index (Phi) is 3.51. The highest BCUT2D eigenvalue weighted by molar-refractivity contribution is 5.99. The van der Waals surface area contributed by atoms with Crippen LogP contribution in [0.2, 0.25) is 0 Å². The molecule has 9 heteroatoms. The first-order chi connectivity index (χ1) is 9.41. The number of anilines is 1. The van der Waals surface area contributed by atoms with Crippen molar-refractivity contribution in [3.8, 4) is 0 Å². The van der Waals surface area contributed by atoms with E-state index in [-0.39, 0.29) is 17.1 Å². The monoisotopic (exact) mass is 280 g/mol. The van der Waals surface area contributed by atoms with Crippen molar-refractivity contribution in [3.63, 3.8) is 0 Å². The Morgan fingerprint density at radius 2 is 2.25 bits per heavy atom. The van der Waals surface area contributed by atoms with E-state index in [0.717, 1.165) is 12.3 Å². The van der Waals surface area contributed by atoms with Crippen molar-refractivity contribution < 1.29 is 19.6 Å². The molecule has 20 heavy (non-hydrogen) atoms. The van der Waals surface area contributed by atoms with E-state index in [4.69, 9.17) is 10.8 Å². The number of aliphatic carboxylic acids is 1. The van der Waals surface area contributed by atoms with Gasteiger partial charge in [-0.05, 0) is 12.8 Å². The molecule has 0 aliphatic carbocycles. The number of amides is 1. The standard InChI is InChI=1S/C11H12N4O5/c12-9(16)7-4-6(15(19)20)5-13-10(7)14-3-1-2-8(14)11(17)18/h4-5,8H,1-3H2,(H2,12,16)(H,17,18). The Balaban J connectivity index is 2.48. The van der Waals surface area contributed by atoms with Crippen molar-refractivity contribution in [3.05, 3.63) is 27.9 Å². The third-order valence-corrected chi connectivity index (χ3v) is 3.14. The second-order valence-corrected chi connectivity index (χ2v) is 4.38. The first kappa shape index (κ1) is 13.7. The van der Waals surface area contributed by atoms with Crippen LogP contribution >= 0.6 is 0 Å². The van der Waals surface area contributed by atoms with Crippen LogP contribution in [-0.4, -0.2) is 39.5 Å². The lowest BCUT2D eigenvalue weighted by Crippen LogP contribution is -2.37. The summed E-state index contributed by atoms with van der Waals surface area (Å²) < 4.78 is 0. The summed E-state index contributed by atoms with van der Waals surface area (Å²) in [6.07, 6.45) is 2.04. The molecular formula is C11H12N4O5. The number of aromatic nitrogens is 1. The van der Waals surface area contributed by atoms with Gasteiger partial charge in [-0.2, -0.15) is 0 Å². The average Bonchev–Trinajstić information content (AvgIpc) is 2.86. The van der Waals surface area contributed by atoms with Gasteiger partial charge < -0.3 is 15.7 Å². The van der Waals surface area contributed by atoms with Crippen molar-refractivity contribution in [2.75, 3.05) is 11.4 Å². The maximum absolute atomic E-state index is 11.4. The first-order valence-electron chi connectivity index (χ1n) is 5.85. The van der Waals surface area contributed by atoms with E-state index in [1.165, 1.54) is 4.90 Å². The molecule has 0 spiro atoms. The summed E-state index contributed by atoms with van der Waals surface area (Å²) in [6, 6.07) is 0.212. The normalized spacial score (nSPS) is 18.0. The molecule has 1 aromatic heterocycles. The Morgan fingerprint density at radius 3 is 2.80 bits per heavy atom. The summed E-state index contributed by atoms with van der Waals surface area (Å²) in [5, 5.41) is 19.8. The second-order valence-electron chi connectivity index (χ2n) is 4.38. The fourth-order valence-corrected chi connectivity index (χ4v) is 2.23. The lowest BCUT2D eigenvalue weighted by Gasteiger charge is -2.23. The summed E-state index contributed by atoms with van der Waals surface area (Å²) in [5.74, 6) is -1.83. The highest BCUT2D eigenvalue weighted by Crippen LogP contribution is 2.28. The fraction of sp³-hybridized carbons (Fsp3) is 0.364. The van der Waals surface area contributed by atoms with Crippen LogP contribution < -0.4 is 10.6 Å². The summed E-state index contributed by atoms with van der Waals surface area (Å²) in [5.41, 5.74) is 4.68. The quantitative estimate of drug-likeness (QED) is 0.590. The smallest absolute Gasteiger partial charge is 0.326 e. The second kappa shape index (κ2) is 5.11. The number of rotatable bonds is 4. The Morgan fingerprint density at radius 1 is 1.55 bits per heavy atom. The van der Waals surface area contributed by atoms with E-state index in [9.17, 15) is 19.7 Å². The lowest BCUT2D eigenvalue weighted by atomic mass is 10.2. The molecule has 9 nitrogen and oxygen atoms in total. The predicted molar refractivity (Wildman–Crippen MR) is 67.4 cm³/mol. The molecule has 1 aliphatic heterocycles. The zero-order chi connectivity index (χ0) is 14.9. The van der Waals surface area contributed by atoms with Gasteiger partial charge >= 0.3 is 5.97 Å². The van der Waals surface area contributed by atoms with Gasteiger partial charge in [-0.15, -0.1) is 0 Å². The third kappa shape index (κ3) is 2.37. The molecule has 1 saturated heterocycles. The highest BCUT2D eigenvalue weighted by atomic mass is 16.6. The Bertz CT molecular complexity index is 588. The maximum Gasteiger partial charge on any atom is 0.326 e. The zero-order valence-corrected chi connectivity index (χ0v) is 10.4. The number of pyridine rings is 1. The van der Waals surface area contributed by atoms with E-state index < -0.39 is 22.8 Å². The van der Waals surface area contributed by atoms with Crippen molar-refractivity contribution in [2.45, 2.75) is 18.9 Å². The number of hydrogen-bond acceptors (Lipinski definition) is 6. The van der Waals surface area contributed by atoms with Crippen molar-refractivity contribution in [1.29, 1.82) is 0 Å². The number of carbonyl (C=O) groups excluding carboxylic acids is 1. The fourth-order valence-electron chi connectivity index (χ4n) is 2.23. The van der Waals surface area contributed by atoms with Gasteiger partial charge in [-0.3, -0.25) is 14.9 Å². The Hall–Kier alpha value is -2.71. The molecule has 1 aliphatic rings. The van der Waals surface area contributed by atoms with Crippen LogP contribution in [0, 0.1) is 10.1 Å². The molecule has 1 amide bonds. The number of nitrogens with two attached hydrogens (primary N) is 1. The van der Waals surface area contributed by atoms with Crippen LogP contribution in [0.3, 0.4) is 0 Å². The number of hydrogen-bond donors (Lipinski definition) is 2. The van der Waals surface area contributed by atoms with Crippen molar-refractivity contribution in [1.82, 2.24) is 4.98 Å². The van der Waals surface area contributed by atoms with Crippen molar-refractivity contribution >= 4 is 23.4 Å². The summed E-state index contributed by atoms with van der Waals surface area (Å²) in [6.45, 7) is 0.405. The van der Waals surface area contributed by atoms with E-state index in [1.54, 1.807) is 0 Å². The minimum absolute atomic E-state index is 0.0769. The minimum Gasteiger partial charge on any atom is -0.480 e. The summed E-state index contributed by atoms with van der Waals surface area (Å²) in [7, 11) is 0. The van der Waals surface area contributed by atoms with Gasteiger partial charge in [0, 0.05) is 12.6 Å². The largest absolute Gasteiger partial charge is 0.480 e. The highest BCUT2D eigenvalue weighted by Gasteiger charge is 2.34. The number of nitro groups is 1. The molecule has 106 valence electrons. The molecule has 2 rings (SSSR count). The number of carbonyl (C=O) groups is 2. The van der Waals surface area contributed by atoms with Gasteiger partial charge in [-0.1, -0.05) is 0 Å². The topological polar surface area (TPSA) is 140 Å². The summed E-state index contributed by atoms with van der Waals surface area (Å²) >= 11 is 0. The van der Waals surface area contributed by atoms with Gasteiger partial charge in [0.2, 0.25) is 0 Å². The third-order valence-electron chi connectivity index (χ3n) is 3.14. The molecule has 0 saturated carbocycles. The zero-order valence-electron chi connectivity index (χ0n) is 10.4. The SMILES string of the molecule is NC(=O)c1cc([N+](=O)[O-])cnc1N1CCCC1C(=O)O. The molecule has 0 radical (unpaired) electrons. The molecule has 1 unspecified atom stereocenters. The van der Waals surface area contributed by atoms with Crippen LogP contribution in [0.25, 0.3) is 0 Å². The molecule has 0 bridgehead atoms. The molecule has 1 fully saturated rings.